The van der Waals surface area contributed by atoms with Crippen molar-refractivity contribution in [3.8, 4) is 0 Å². The van der Waals surface area contributed by atoms with Gasteiger partial charge in [-0.3, -0.25) is 9.78 Å². The van der Waals surface area contributed by atoms with Crippen molar-refractivity contribution in [1.29, 1.82) is 0 Å². The van der Waals surface area contributed by atoms with Crippen molar-refractivity contribution in [2.75, 3.05) is 37.3 Å². The molecule has 4 aromatic rings. The highest BCUT2D eigenvalue weighted by Crippen LogP contribution is 2.23. The molecular weight excluding hydrogens is 574 g/mol. The third-order valence-corrected chi connectivity index (χ3v) is 9.44. The number of para-hydroxylation sites is 1. The number of carbonyl (C=O) groups excluding carboxylic acids is 1. The molecule has 1 aliphatic heterocycles. The minimum Gasteiger partial charge on any atom is -0.368 e. The van der Waals surface area contributed by atoms with Crippen LogP contribution in [0.5, 0.6) is 0 Å². The fourth-order valence-electron chi connectivity index (χ4n) is 5.04. The summed E-state index contributed by atoms with van der Waals surface area (Å²) in [6.45, 7) is 2.32. The normalized spacial score (nSPS) is 15.1. The highest BCUT2D eigenvalue weighted by Gasteiger charge is 2.32. The number of nitrogens with one attached hydrogen (secondary N) is 2. The van der Waals surface area contributed by atoms with Crippen molar-refractivity contribution in [1.82, 2.24) is 19.3 Å². The summed E-state index contributed by atoms with van der Waals surface area (Å²) in [7, 11) is -7.43. The van der Waals surface area contributed by atoms with E-state index in [2.05, 4.69) is 19.3 Å². The molecule has 12 heteroatoms. The standard InChI is InChI=1S/C30H33N5O5S2/c1-41(37,38)32-21-24-12-10-23(11-13-24)20-28(30(36)35-18-16-34(17-19-35)26-7-3-2-4-8-26)33-42(39,40)29-9-5-6-25-22-31-15-14-27(25)29/h2-15,22,28,32-33H,16-21H2,1H3/t28-/m0/s1. The first kappa shape index (κ1) is 29.6. The van der Waals surface area contributed by atoms with Crippen molar-refractivity contribution >= 4 is 42.4 Å². The molecular formula is C30H33N5O5S2. The molecule has 1 fully saturated rings. The van der Waals surface area contributed by atoms with Crippen LogP contribution < -0.4 is 14.3 Å². The van der Waals surface area contributed by atoms with Crippen LogP contribution in [0, 0.1) is 0 Å². The zero-order chi connectivity index (χ0) is 29.7. The van der Waals surface area contributed by atoms with E-state index in [9.17, 15) is 21.6 Å². The molecule has 1 saturated heterocycles. The fraction of sp³-hybridized carbons (Fsp3) is 0.267. The van der Waals surface area contributed by atoms with Gasteiger partial charge in [0, 0.05) is 61.6 Å². The number of nitrogens with zero attached hydrogens (tertiary/aromatic N) is 3. The smallest absolute Gasteiger partial charge is 0.241 e. The fourth-order valence-corrected chi connectivity index (χ4v) is 6.89. The minimum atomic E-state index is -4.09. The number of aromatic nitrogens is 1. The Morgan fingerprint density at radius 2 is 1.55 bits per heavy atom. The van der Waals surface area contributed by atoms with Crippen LogP contribution in [0.4, 0.5) is 5.69 Å². The van der Waals surface area contributed by atoms with E-state index in [0.29, 0.717) is 37.0 Å². The molecule has 1 atom stereocenters. The molecule has 1 aromatic heterocycles. The minimum absolute atomic E-state index is 0.0799. The van der Waals surface area contributed by atoms with Gasteiger partial charge in [-0.1, -0.05) is 54.6 Å². The van der Waals surface area contributed by atoms with Gasteiger partial charge in [-0.05, 0) is 41.8 Å². The van der Waals surface area contributed by atoms with Crippen LogP contribution in [0.1, 0.15) is 11.1 Å². The molecule has 0 bridgehead atoms. The van der Waals surface area contributed by atoms with Crippen LogP contribution in [-0.4, -0.2) is 71.1 Å². The number of pyridine rings is 1. The molecule has 0 saturated carbocycles. The zero-order valence-electron chi connectivity index (χ0n) is 23.2. The first-order chi connectivity index (χ1) is 20.1. The van der Waals surface area contributed by atoms with Gasteiger partial charge in [0.2, 0.25) is 26.0 Å². The lowest BCUT2D eigenvalue weighted by Crippen LogP contribution is -2.55. The lowest BCUT2D eigenvalue weighted by Gasteiger charge is -2.37. The van der Waals surface area contributed by atoms with Crippen LogP contribution in [0.3, 0.4) is 0 Å². The Bertz CT molecular complexity index is 1750. The van der Waals surface area contributed by atoms with Crippen molar-refractivity contribution in [3.63, 3.8) is 0 Å². The summed E-state index contributed by atoms with van der Waals surface area (Å²) >= 11 is 0. The number of sulfonamides is 2. The lowest BCUT2D eigenvalue weighted by atomic mass is 10.0. The summed E-state index contributed by atoms with van der Waals surface area (Å²) in [5, 5.41) is 1.20. The zero-order valence-corrected chi connectivity index (χ0v) is 24.8. The molecule has 0 unspecified atom stereocenters. The molecule has 220 valence electrons. The number of fused-ring (bicyclic) bond motifs is 1. The molecule has 1 aliphatic rings. The highest BCUT2D eigenvalue weighted by molar-refractivity contribution is 7.89. The van der Waals surface area contributed by atoms with Crippen molar-refractivity contribution in [3.05, 3.63) is 102 Å². The van der Waals surface area contributed by atoms with E-state index in [0.717, 1.165) is 23.1 Å². The molecule has 10 nitrogen and oxygen atoms in total. The van der Waals surface area contributed by atoms with Gasteiger partial charge in [-0.15, -0.1) is 0 Å². The van der Waals surface area contributed by atoms with Crippen molar-refractivity contribution in [2.24, 2.45) is 0 Å². The van der Waals surface area contributed by atoms with Crippen molar-refractivity contribution < 1.29 is 21.6 Å². The second kappa shape index (κ2) is 12.6. The molecule has 1 amide bonds. The number of piperazine rings is 1. The van der Waals surface area contributed by atoms with Crippen LogP contribution in [0.15, 0.2) is 96.2 Å². The summed E-state index contributed by atoms with van der Waals surface area (Å²) in [5.74, 6) is -0.295. The number of hydrogen-bond donors (Lipinski definition) is 2. The molecule has 0 spiro atoms. The first-order valence-electron chi connectivity index (χ1n) is 13.6. The van der Waals surface area contributed by atoms with Crippen LogP contribution >= 0.6 is 0 Å². The van der Waals surface area contributed by atoms with Gasteiger partial charge in [0.05, 0.1) is 11.2 Å². The van der Waals surface area contributed by atoms with Gasteiger partial charge >= 0.3 is 0 Å². The van der Waals surface area contributed by atoms with E-state index < -0.39 is 26.1 Å². The monoisotopic (exact) mass is 607 g/mol. The van der Waals surface area contributed by atoms with Crippen LogP contribution in [0.25, 0.3) is 10.8 Å². The molecule has 0 aliphatic carbocycles. The molecule has 2 heterocycles. The Morgan fingerprint density at radius 1 is 0.857 bits per heavy atom. The van der Waals surface area contributed by atoms with E-state index in [4.69, 9.17) is 0 Å². The molecule has 42 heavy (non-hydrogen) atoms. The quantitative estimate of drug-likeness (QED) is 0.284. The maximum absolute atomic E-state index is 13.9. The molecule has 2 N–H and O–H groups in total. The van der Waals surface area contributed by atoms with Gasteiger partial charge in [0.25, 0.3) is 0 Å². The van der Waals surface area contributed by atoms with Crippen LogP contribution in [-0.2, 0) is 37.8 Å². The molecule has 3 aromatic carbocycles. The Kier molecular flexibility index (Phi) is 8.88. The highest BCUT2D eigenvalue weighted by atomic mass is 32.2. The average molecular weight is 608 g/mol. The summed E-state index contributed by atoms with van der Waals surface area (Å²) in [6, 6.07) is 22.6. The van der Waals surface area contributed by atoms with E-state index in [-0.39, 0.29) is 23.8 Å². The van der Waals surface area contributed by atoms with Gasteiger partial charge in [-0.25, -0.2) is 21.6 Å². The topological polar surface area (TPSA) is 129 Å². The third-order valence-electron chi connectivity index (χ3n) is 7.24. The Hall–Kier alpha value is -3.84. The second-order valence-electron chi connectivity index (χ2n) is 10.3. The SMILES string of the molecule is CS(=O)(=O)NCc1ccc(C[C@H](NS(=O)(=O)c2cccc3cnccc23)C(=O)N2CCN(c3ccccc3)CC2)cc1. The van der Waals surface area contributed by atoms with E-state index in [1.54, 1.807) is 53.6 Å². The van der Waals surface area contributed by atoms with Crippen LogP contribution in [0.2, 0.25) is 0 Å². The molecule has 5 rings (SSSR count). The van der Waals surface area contributed by atoms with Gasteiger partial charge in [-0.2, -0.15) is 4.72 Å². The predicted octanol–water partition coefficient (Wildman–Crippen LogP) is 2.52. The Balaban J connectivity index is 1.38. The number of anilines is 1. The number of carbonyl (C=O) groups is 1. The number of amides is 1. The first-order valence-corrected chi connectivity index (χ1v) is 16.9. The van der Waals surface area contributed by atoms with Gasteiger partial charge in [0.1, 0.15) is 6.04 Å². The Morgan fingerprint density at radius 3 is 2.24 bits per heavy atom. The summed E-state index contributed by atoms with van der Waals surface area (Å²) < 4.78 is 55.5. The lowest BCUT2D eigenvalue weighted by molar-refractivity contribution is -0.133. The van der Waals surface area contributed by atoms with E-state index in [1.165, 1.54) is 12.3 Å². The summed E-state index contributed by atoms with van der Waals surface area (Å²) in [4.78, 5) is 22.0. The van der Waals surface area contributed by atoms with E-state index >= 15 is 0 Å². The third kappa shape index (κ3) is 7.32. The Labute approximate surface area is 246 Å². The van der Waals surface area contributed by atoms with Gasteiger partial charge < -0.3 is 9.80 Å². The summed E-state index contributed by atoms with van der Waals surface area (Å²) in [5.41, 5.74) is 2.57. The average Bonchev–Trinajstić information content (AvgIpc) is 3.00. The number of hydrogen-bond acceptors (Lipinski definition) is 7. The second-order valence-corrected chi connectivity index (χ2v) is 13.8. The van der Waals surface area contributed by atoms with Gasteiger partial charge in [0.15, 0.2) is 0 Å². The number of benzene rings is 3. The predicted molar refractivity (Wildman–Crippen MR) is 163 cm³/mol. The maximum Gasteiger partial charge on any atom is 0.241 e. The van der Waals surface area contributed by atoms with Crippen molar-refractivity contribution in [2.45, 2.75) is 23.9 Å². The maximum atomic E-state index is 13.9. The number of rotatable bonds is 10. The van der Waals surface area contributed by atoms with E-state index in [1.807, 2.05) is 30.3 Å². The largest absolute Gasteiger partial charge is 0.368 e. The molecule has 0 radical (unpaired) electrons. The summed E-state index contributed by atoms with van der Waals surface area (Å²) in [6.07, 6.45) is 4.36.